The number of rotatable bonds is 5. The van der Waals surface area contributed by atoms with Crippen molar-refractivity contribution in [2.24, 2.45) is 4.99 Å². The van der Waals surface area contributed by atoms with Crippen LogP contribution in [0.5, 0.6) is 0 Å². The molecule has 0 aromatic heterocycles. The van der Waals surface area contributed by atoms with Crippen LogP contribution < -0.4 is 10.2 Å². The van der Waals surface area contributed by atoms with Crippen LogP contribution in [0.2, 0.25) is 0 Å². The average Bonchev–Trinajstić information content (AvgIpc) is 3.55. The summed E-state index contributed by atoms with van der Waals surface area (Å²) in [5, 5.41) is 2.75. The van der Waals surface area contributed by atoms with Crippen LogP contribution in [0.25, 0.3) is 0 Å². The van der Waals surface area contributed by atoms with Crippen molar-refractivity contribution < 1.29 is 27.6 Å². The summed E-state index contributed by atoms with van der Waals surface area (Å²) in [5.74, 6) is -1.43. The van der Waals surface area contributed by atoms with Crippen LogP contribution >= 0.6 is 0 Å². The lowest BCUT2D eigenvalue weighted by Gasteiger charge is -2.44. The molecule has 168 valence electrons. The normalized spacial score (nSPS) is 22.3. The highest BCUT2D eigenvalue weighted by Crippen LogP contribution is 2.35. The van der Waals surface area contributed by atoms with Gasteiger partial charge in [0.25, 0.3) is 11.8 Å². The van der Waals surface area contributed by atoms with Crippen LogP contribution in [0.15, 0.2) is 53.7 Å². The predicted octanol–water partition coefficient (Wildman–Crippen LogP) is 2.79. The second kappa shape index (κ2) is 7.92. The third kappa shape index (κ3) is 4.30. The molecule has 3 aliphatic rings. The number of fused-ring (bicyclic) bond motifs is 1. The zero-order valence-electron chi connectivity index (χ0n) is 17.2. The van der Waals surface area contributed by atoms with E-state index in [0.717, 1.165) is 29.9 Å². The molecule has 10 heteroatoms. The lowest BCUT2D eigenvalue weighted by atomic mass is 9.90. The van der Waals surface area contributed by atoms with Crippen molar-refractivity contribution in [3.63, 3.8) is 0 Å². The van der Waals surface area contributed by atoms with Crippen molar-refractivity contribution in [2.75, 3.05) is 11.4 Å². The maximum absolute atomic E-state index is 13.8. The molecule has 2 heterocycles. The number of aliphatic imine (C=N–C) groups is 1. The number of benzene rings is 1. The van der Waals surface area contributed by atoms with Crippen molar-refractivity contribution in [3.05, 3.63) is 54.3 Å². The number of nitrogens with one attached hydrogen (secondary N) is 1. The summed E-state index contributed by atoms with van der Waals surface area (Å²) in [6.07, 6.45) is 3.20. The summed E-state index contributed by atoms with van der Waals surface area (Å²) in [4.78, 5) is 45.1. The van der Waals surface area contributed by atoms with Crippen molar-refractivity contribution in [1.82, 2.24) is 10.2 Å². The topological polar surface area (TPSA) is 82.1 Å². The first-order valence-electron chi connectivity index (χ1n) is 10.1. The van der Waals surface area contributed by atoms with E-state index in [2.05, 4.69) is 10.3 Å². The Morgan fingerprint density at radius 1 is 1.28 bits per heavy atom. The lowest BCUT2D eigenvalue weighted by molar-refractivity contribution is -0.137. The number of carbonyl (C=O) groups excluding carboxylic acids is 3. The van der Waals surface area contributed by atoms with E-state index >= 15 is 0 Å². The summed E-state index contributed by atoms with van der Waals surface area (Å²) in [7, 11) is 0. The summed E-state index contributed by atoms with van der Waals surface area (Å²) >= 11 is 0. The van der Waals surface area contributed by atoms with E-state index in [1.807, 2.05) is 0 Å². The zero-order valence-corrected chi connectivity index (χ0v) is 17.2. The van der Waals surface area contributed by atoms with Gasteiger partial charge in [-0.05, 0) is 50.1 Å². The molecule has 1 aromatic carbocycles. The minimum absolute atomic E-state index is 0.0155. The third-order valence-electron chi connectivity index (χ3n) is 5.54. The molecule has 4 rings (SSSR count). The van der Waals surface area contributed by atoms with E-state index in [4.69, 9.17) is 0 Å². The van der Waals surface area contributed by atoms with Gasteiger partial charge in [-0.3, -0.25) is 14.4 Å². The number of allylic oxidation sites excluding steroid dienone is 2. The fourth-order valence-corrected chi connectivity index (χ4v) is 3.73. The monoisotopic (exact) mass is 446 g/mol. The van der Waals surface area contributed by atoms with E-state index in [1.165, 1.54) is 24.0 Å². The van der Waals surface area contributed by atoms with Gasteiger partial charge in [0.05, 0.1) is 12.0 Å². The number of amidine groups is 1. The molecule has 0 bridgehead atoms. The summed E-state index contributed by atoms with van der Waals surface area (Å²) in [6, 6.07) is 4.26. The van der Waals surface area contributed by atoms with E-state index in [9.17, 15) is 27.6 Å². The zero-order chi connectivity index (χ0) is 23.1. The lowest BCUT2D eigenvalue weighted by Crippen LogP contribution is -2.62. The highest BCUT2D eigenvalue weighted by atomic mass is 19.4. The Bertz CT molecular complexity index is 1060. The molecule has 1 atom stereocenters. The van der Waals surface area contributed by atoms with E-state index in [1.54, 1.807) is 24.4 Å². The van der Waals surface area contributed by atoms with Gasteiger partial charge < -0.3 is 15.1 Å². The highest BCUT2D eigenvalue weighted by molar-refractivity contribution is 6.13. The van der Waals surface area contributed by atoms with Crippen molar-refractivity contribution in [2.45, 2.75) is 43.9 Å². The summed E-state index contributed by atoms with van der Waals surface area (Å²) in [5.41, 5.74) is -2.49. The molecule has 3 amide bonds. The Morgan fingerprint density at radius 2 is 2.03 bits per heavy atom. The molecule has 0 saturated heterocycles. The first-order valence-corrected chi connectivity index (χ1v) is 10.1. The van der Waals surface area contributed by atoms with E-state index in [0.29, 0.717) is 0 Å². The molecular formula is C22H21F3N4O3. The van der Waals surface area contributed by atoms with Crippen LogP contribution in [0.3, 0.4) is 0 Å². The van der Waals surface area contributed by atoms with Gasteiger partial charge in [0.1, 0.15) is 17.9 Å². The maximum atomic E-state index is 13.8. The molecule has 7 nitrogen and oxygen atoms in total. The predicted molar refractivity (Wildman–Crippen MR) is 111 cm³/mol. The van der Waals surface area contributed by atoms with Gasteiger partial charge in [-0.25, -0.2) is 0 Å². The molecule has 1 unspecified atom stereocenters. The Balaban J connectivity index is 1.72. The Morgan fingerprint density at radius 3 is 2.72 bits per heavy atom. The molecule has 1 fully saturated rings. The van der Waals surface area contributed by atoms with Gasteiger partial charge in [0, 0.05) is 17.9 Å². The van der Waals surface area contributed by atoms with Crippen LogP contribution in [-0.2, 0) is 20.6 Å². The SMILES string of the molecule is CC1(C(=O)N(CC(=O)NC2CC2)c2cccc(C(F)(F)F)c2)CC(=O)N=C2C=CC=CN21. The smallest absolute Gasteiger partial charge is 0.352 e. The van der Waals surface area contributed by atoms with Gasteiger partial charge in [0.15, 0.2) is 0 Å². The average molecular weight is 446 g/mol. The van der Waals surface area contributed by atoms with Crippen molar-refractivity contribution in [1.29, 1.82) is 0 Å². The molecule has 1 aliphatic carbocycles. The molecule has 0 radical (unpaired) electrons. The summed E-state index contributed by atoms with van der Waals surface area (Å²) < 4.78 is 39.9. The van der Waals surface area contributed by atoms with Gasteiger partial charge in [0.2, 0.25) is 5.91 Å². The fraction of sp³-hybridized carbons (Fsp3) is 0.364. The van der Waals surface area contributed by atoms with E-state index in [-0.39, 0.29) is 24.0 Å². The van der Waals surface area contributed by atoms with Gasteiger partial charge in [-0.2, -0.15) is 18.2 Å². The molecule has 2 aliphatic heterocycles. The van der Waals surface area contributed by atoms with Gasteiger partial charge in [-0.1, -0.05) is 12.1 Å². The first-order chi connectivity index (χ1) is 15.1. The van der Waals surface area contributed by atoms with Gasteiger partial charge in [-0.15, -0.1) is 0 Å². The number of amides is 3. The second-order valence-corrected chi connectivity index (χ2v) is 8.17. The van der Waals surface area contributed by atoms with E-state index < -0.39 is 41.5 Å². The minimum atomic E-state index is -4.62. The van der Waals surface area contributed by atoms with Crippen molar-refractivity contribution in [3.8, 4) is 0 Å². The molecule has 0 spiro atoms. The number of halogens is 3. The van der Waals surface area contributed by atoms with Gasteiger partial charge >= 0.3 is 6.18 Å². The first kappa shape index (κ1) is 21.8. The minimum Gasteiger partial charge on any atom is -0.352 e. The molecular weight excluding hydrogens is 425 g/mol. The summed E-state index contributed by atoms with van der Waals surface area (Å²) in [6.45, 7) is 1.05. The molecule has 32 heavy (non-hydrogen) atoms. The Kier molecular flexibility index (Phi) is 5.39. The largest absolute Gasteiger partial charge is 0.416 e. The number of hydrogen-bond acceptors (Lipinski definition) is 4. The van der Waals surface area contributed by atoms with Crippen molar-refractivity contribution >= 4 is 29.2 Å². The highest BCUT2D eigenvalue weighted by Gasteiger charge is 2.48. The Hall–Kier alpha value is -3.43. The number of nitrogens with zero attached hydrogens (tertiary/aromatic N) is 3. The van der Waals surface area contributed by atoms with Crippen LogP contribution in [0.4, 0.5) is 18.9 Å². The van der Waals surface area contributed by atoms with Crippen LogP contribution in [-0.4, -0.2) is 46.6 Å². The Labute approximate surface area is 182 Å². The quantitative estimate of drug-likeness (QED) is 0.754. The number of anilines is 1. The standard InChI is InChI=1S/C22H21F3N4O3/c1-21(12-18(30)27-17-7-2-3-10-29(17)21)20(32)28(13-19(31)26-15-8-9-15)16-6-4-5-14(11-16)22(23,24)25/h2-7,10-11,15H,8-9,12-13H2,1H3,(H,26,31). The maximum Gasteiger partial charge on any atom is 0.416 e. The number of carbonyl (C=O) groups is 3. The third-order valence-corrected chi connectivity index (χ3v) is 5.54. The van der Waals surface area contributed by atoms with Crippen LogP contribution in [0.1, 0.15) is 31.7 Å². The fourth-order valence-electron chi connectivity index (χ4n) is 3.73. The molecule has 1 saturated carbocycles. The van der Waals surface area contributed by atoms with Crippen LogP contribution in [0, 0.1) is 0 Å². The second-order valence-electron chi connectivity index (χ2n) is 8.17. The molecule has 1 aromatic rings. The molecule has 1 N–H and O–H groups in total. The number of alkyl halides is 3. The number of hydrogen-bond donors (Lipinski definition) is 1.